The van der Waals surface area contributed by atoms with Gasteiger partial charge in [0.25, 0.3) is 10.0 Å². The number of amides is 1. The highest BCUT2D eigenvalue weighted by molar-refractivity contribution is 7.91. The number of sulfonamides is 1. The van der Waals surface area contributed by atoms with Crippen LogP contribution in [0.15, 0.2) is 27.8 Å². The largest absolute Gasteiger partial charge is 0.309 e. The molecule has 7 nitrogen and oxygen atoms in total. The summed E-state index contributed by atoms with van der Waals surface area (Å²) < 4.78 is 28.9. The van der Waals surface area contributed by atoms with Gasteiger partial charge in [-0.3, -0.25) is 4.79 Å². The third-order valence-corrected chi connectivity index (χ3v) is 7.44. The van der Waals surface area contributed by atoms with E-state index in [0.717, 1.165) is 5.69 Å². The molecule has 2 aromatic heterocycles. The minimum absolute atomic E-state index is 0.0959. The lowest BCUT2D eigenvalue weighted by Crippen LogP contribution is -2.43. The van der Waals surface area contributed by atoms with Crippen molar-refractivity contribution in [2.75, 3.05) is 11.9 Å². The Hall–Kier alpha value is -1.71. The molecule has 136 valence electrons. The van der Waals surface area contributed by atoms with Crippen LogP contribution in [0.4, 0.5) is 5.82 Å². The van der Waals surface area contributed by atoms with E-state index in [1.165, 1.54) is 15.6 Å². The van der Waals surface area contributed by atoms with Crippen LogP contribution in [0.2, 0.25) is 0 Å². The molecule has 1 aliphatic heterocycles. The number of thiophene rings is 1. The van der Waals surface area contributed by atoms with Gasteiger partial charge in [-0.2, -0.15) is 9.40 Å². The number of aryl methyl sites for hydroxylation is 1. The first-order valence-corrected chi connectivity index (χ1v) is 10.5. The number of nitrogens with zero attached hydrogens (tertiary/aromatic N) is 3. The quantitative estimate of drug-likeness (QED) is 0.861. The van der Waals surface area contributed by atoms with Gasteiger partial charge in [0.05, 0.1) is 5.69 Å². The summed E-state index contributed by atoms with van der Waals surface area (Å²) in [5.74, 6) is 0.289. The molecule has 0 unspecified atom stereocenters. The summed E-state index contributed by atoms with van der Waals surface area (Å²) in [6.07, 6.45) is 1.19. The molecule has 25 heavy (non-hydrogen) atoms. The van der Waals surface area contributed by atoms with E-state index in [4.69, 9.17) is 0 Å². The van der Waals surface area contributed by atoms with E-state index in [2.05, 4.69) is 10.4 Å². The zero-order valence-corrected chi connectivity index (χ0v) is 16.1. The smallest absolute Gasteiger partial charge is 0.253 e. The van der Waals surface area contributed by atoms with E-state index in [1.807, 2.05) is 20.8 Å². The highest BCUT2D eigenvalue weighted by Crippen LogP contribution is 2.29. The van der Waals surface area contributed by atoms with Crippen molar-refractivity contribution < 1.29 is 13.2 Å². The van der Waals surface area contributed by atoms with Crippen molar-refractivity contribution in [1.82, 2.24) is 14.1 Å². The third kappa shape index (κ3) is 3.49. The molecule has 0 radical (unpaired) electrons. The predicted molar refractivity (Wildman–Crippen MR) is 97.2 cm³/mol. The van der Waals surface area contributed by atoms with Crippen LogP contribution in [0.5, 0.6) is 0 Å². The van der Waals surface area contributed by atoms with Crippen molar-refractivity contribution in [1.29, 1.82) is 0 Å². The standard InChI is InChI=1S/C16H22N4O3S2/c1-11(2)20-14(10-12(3)18-20)17-16(21)13-6-4-8-19(13)25(22,23)15-7-5-9-24-15/h5,7,9-11,13H,4,6,8H2,1-3H3,(H,17,21)/t13-/m1/s1. The van der Waals surface area contributed by atoms with Gasteiger partial charge in [-0.05, 0) is 45.1 Å². The lowest BCUT2D eigenvalue weighted by Gasteiger charge is -2.23. The van der Waals surface area contributed by atoms with Gasteiger partial charge >= 0.3 is 0 Å². The molecular formula is C16H22N4O3S2. The minimum atomic E-state index is -3.63. The molecule has 0 aromatic carbocycles. The summed E-state index contributed by atoms with van der Waals surface area (Å²) in [5.41, 5.74) is 0.804. The average molecular weight is 383 g/mol. The number of nitrogens with one attached hydrogen (secondary N) is 1. The molecular weight excluding hydrogens is 360 g/mol. The van der Waals surface area contributed by atoms with Crippen molar-refractivity contribution in [3.63, 3.8) is 0 Å². The molecule has 1 aliphatic rings. The molecule has 0 bridgehead atoms. The fourth-order valence-electron chi connectivity index (χ4n) is 3.03. The number of aromatic nitrogens is 2. The minimum Gasteiger partial charge on any atom is -0.309 e. The zero-order chi connectivity index (χ0) is 18.2. The summed E-state index contributed by atoms with van der Waals surface area (Å²) in [7, 11) is -3.63. The summed E-state index contributed by atoms with van der Waals surface area (Å²) in [6, 6.07) is 4.48. The maximum Gasteiger partial charge on any atom is 0.253 e. The fraction of sp³-hybridized carbons (Fsp3) is 0.500. The number of hydrogen-bond acceptors (Lipinski definition) is 5. The molecule has 0 aliphatic carbocycles. The van der Waals surface area contributed by atoms with E-state index >= 15 is 0 Å². The van der Waals surface area contributed by atoms with Crippen molar-refractivity contribution in [2.45, 2.75) is 49.9 Å². The van der Waals surface area contributed by atoms with Gasteiger partial charge in [0.15, 0.2) is 0 Å². The maximum absolute atomic E-state index is 12.8. The number of carbonyl (C=O) groups excluding carboxylic acids is 1. The molecule has 9 heteroatoms. The Labute approximate surface area is 151 Å². The topological polar surface area (TPSA) is 84.3 Å². The van der Waals surface area contributed by atoms with E-state index < -0.39 is 16.1 Å². The lowest BCUT2D eigenvalue weighted by atomic mass is 10.2. The van der Waals surface area contributed by atoms with Crippen molar-refractivity contribution in [3.8, 4) is 0 Å². The van der Waals surface area contributed by atoms with Crippen LogP contribution in [-0.2, 0) is 14.8 Å². The van der Waals surface area contributed by atoms with Crippen molar-refractivity contribution >= 4 is 33.1 Å². The number of rotatable bonds is 5. The molecule has 1 atom stereocenters. The summed E-state index contributed by atoms with van der Waals surface area (Å²) in [6.45, 7) is 6.18. The molecule has 1 amide bonds. The molecule has 1 fully saturated rings. The average Bonchev–Trinajstić information content (AvgIpc) is 3.27. The molecule has 2 aromatic rings. The van der Waals surface area contributed by atoms with Gasteiger partial charge in [-0.25, -0.2) is 13.1 Å². The van der Waals surface area contributed by atoms with Crippen LogP contribution in [-0.4, -0.2) is 41.0 Å². The number of anilines is 1. The van der Waals surface area contributed by atoms with Gasteiger partial charge in [0, 0.05) is 18.7 Å². The molecule has 3 rings (SSSR count). The first-order chi connectivity index (χ1) is 11.8. The van der Waals surface area contributed by atoms with Gasteiger partial charge in [0.2, 0.25) is 5.91 Å². The van der Waals surface area contributed by atoms with Crippen LogP contribution in [0, 0.1) is 6.92 Å². The normalized spacial score (nSPS) is 18.8. The van der Waals surface area contributed by atoms with Crippen LogP contribution in [0.1, 0.15) is 38.4 Å². The van der Waals surface area contributed by atoms with Crippen molar-refractivity contribution in [2.24, 2.45) is 0 Å². The van der Waals surface area contributed by atoms with Gasteiger partial charge in [0.1, 0.15) is 16.1 Å². The predicted octanol–water partition coefficient (Wildman–Crippen LogP) is 2.63. The van der Waals surface area contributed by atoms with Crippen LogP contribution >= 0.6 is 11.3 Å². The summed E-state index contributed by atoms with van der Waals surface area (Å²) in [5, 5.41) is 8.96. The summed E-state index contributed by atoms with van der Waals surface area (Å²) >= 11 is 1.17. The van der Waals surface area contributed by atoms with E-state index in [1.54, 1.807) is 28.3 Å². The summed E-state index contributed by atoms with van der Waals surface area (Å²) in [4.78, 5) is 12.8. The Balaban J connectivity index is 1.82. The second kappa shape index (κ2) is 6.89. The lowest BCUT2D eigenvalue weighted by molar-refractivity contribution is -0.119. The Morgan fingerprint density at radius 2 is 2.20 bits per heavy atom. The van der Waals surface area contributed by atoms with Gasteiger partial charge in [-0.15, -0.1) is 11.3 Å². The molecule has 0 spiro atoms. The van der Waals surface area contributed by atoms with Crippen LogP contribution in [0.25, 0.3) is 0 Å². The first kappa shape index (κ1) is 18.1. The fourth-order valence-corrected chi connectivity index (χ4v) is 5.80. The Morgan fingerprint density at radius 1 is 1.44 bits per heavy atom. The first-order valence-electron chi connectivity index (χ1n) is 8.23. The van der Waals surface area contributed by atoms with Gasteiger partial charge < -0.3 is 5.32 Å². The third-order valence-electron chi connectivity index (χ3n) is 4.16. The number of carbonyl (C=O) groups is 1. The highest BCUT2D eigenvalue weighted by atomic mass is 32.2. The van der Waals surface area contributed by atoms with Gasteiger partial charge in [-0.1, -0.05) is 6.07 Å². The second-order valence-corrected chi connectivity index (χ2v) is 9.47. The Bertz CT molecular complexity index is 856. The van der Waals surface area contributed by atoms with E-state index in [9.17, 15) is 13.2 Å². The molecule has 1 saturated heterocycles. The molecule has 3 heterocycles. The van der Waals surface area contributed by atoms with Crippen molar-refractivity contribution in [3.05, 3.63) is 29.3 Å². The Morgan fingerprint density at radius 3 is 2.84 bits per heavy atom. The van der Waals surface area contributed by atoms with E-state index in [0.29, 0.717) is 25.2 Å². The SMILES string of the molecule is Cc1cc(NC(=O)[C@H]2CCCN2S(=O)(=O)c2cccs2)n(C(C)C)n1. The zero-order valence-electron chi connectivity index (χ0n) is 14.5. The van der Waals surface area contributed by atoms with Crippen LogP contribution < -0.4 is 5.32 Å². The molecule has 1 N–H and O–H groups in total. The van der Waals surface area contributed by atoms with Crippen LogP contribution in [0.3, 0.4) is 0 Å². The Kier molecular flexibility index (Phi) is 4.99. The molecule has 0 saturated carbocycles. The second-order valence-electron chi connectivity index (χ2n) is 6.40. The monoisotopic (exact) mass is 382 g/mol. The highest BCUT2D eigenvalue weighted by Gasteiger charge is 2.40. The number of hydrogen-bond donors (Lipinski definition) is 1. The van der Waals surface area contributed by atoms with E-state index in [-0.39, 0.29) is 16.2 Å². The maximum atomic E-state index is 12.8.